The zero-order chi connectivity index (χ0) is 12.1. The van der Waals surface area contributed by atoms with Gasteiger partial charge in [-0.15, -0.1) is 0 Å². The molecular weight excluding hydrogens is 217 g/mol. The van der Waals surface area contributed by atoms with Crippen LogP contribution in [0.15, 0.2) is 36.2 Å². The van der Waals surface area contributed by atoms with Gasteiger partial charge in [-0.2, -0.15) is 0 Å². The number of hydrogen-bond acceptors (Lipinski definition) is 2. The summed E-state index contributed by atoms with van der Waals surface area (Å²) in [7, 11) is 0. The van der Waals surface area contributed by atoms with Crippen molar-refractivity contribution in [3.8, 4) is 5.75 Å². The van der Waals surface area contributed by atoms with E-state index < -0.39 is 0 Å². The molecule has 0 heterocycles. The zero-order valence-electron chi connectivity index (χ0n) is 9.86. The van der Waals surface area contributed by atoms with Crippen LogP contribution in [-0.2, 0) is 6.42 Å². The van der Waals surface area contributed by atoms with Crippen LogP contribution in [0.25, 0.3) is 0 Å². The summed E-state index contributed by atoms with van der Waals surface area (Å²) >= 11 is 0. The minimum atomic E-state index is 0.260. The van der Waals surface area contributed by atoms with Gasteiger partial charge in [-0.05, 0) is 48.4 Å². The summed E-state index contributed by atoms with van der Waals surface area (Å²) in [6.45, 7) is 1.08. The average Bonchev–Trinajstić information content (AvgIpc) is 3.19. The summed E-state index contributed by atoms with van der Waals surface area (Å²) in [5.74, 6) is 1.65. The number of nitrogens with two attached hydrogens (primary N) is 1. The maximum absolute atomic E-state index is 12.4. The first-order valence-corrected chi connectivity index (χ1v) is 6.01. The van der Waals surface area contributed by atoms with Gasteiger partial charge in [0, 0.05) is 6.54 Å². The van der Waals surface area contributed by atoms with Crippen molar-refractivity contribution >= 4 is 0 Å². The smallest absolute Gasteiger partial charge is 0.119 e. The van der Waals surface area contributed by atoms with Crippen LogP contribution in [-0.4, -0.2) is 13.2 Å². The Kier molecular flexibility index (Phi) is 4.15. The van der Waals surface area contributed by atoms with Crippen molar-refractivity contribution in [2.75, 3.05) is 13.2 Å². The van der Waals surface area contributed by atoms with Crippen LogP contribution in [0.1, 0.15) is 18.4 Å². The highest BCUT2D eigenvalue weighted by Gasteiger charge is 2.21. The van der Waals surface area contributed by atoms with E-state index in [1.165, 1.54) is 12.8 Å². The van der Waals surface area contributed by atoms with Crippen molar-refractivity contribution in [1.82, 2.24) is 0 Å². The molecule has 0 amide bonds. The lowest BCUT2D eigenvalue weighted by Crippen LogP contribution is -2.05. The molecule has 2 N–H and O–H groups in total. The van der Waals surface area contributed by atoms with Crippen LogP contribution in [0, 0.1) is 5.92 Å². The van der Waals surface area contributed by atoms with Crippen LogP contribution in [0.5, 0.6) is 5.75 Å². The van der Waals surface area contributed by atoms with Crippen LogP contribution < -0.4 is 10.5 Å². The summed E-state index contributed by atoms with van der Waals surface area (Å²) in [6.07, 6.45) is 3.74. The van der Waals surface area contributed by atoms with Crippen LogP contribution in [0.3, 0.4) is 0 Å². The predicted molar refractivity (Wildman–Crippen MR) is 66.6 cm³/mol. The molecule has 0 spiro atoms. The fourth-order valence-corrected chi connectivity index (χ4v) is 1.62. The van der Waals surface area contributed by atoms with E-state index in [-0.39, 0.29) is 6.54 Å². The average molecular weight is 235 g/mol. The van der Waals surface area contributed by atoms with E-state index >= 15 is 0 Å². The highest BCUT2D eigenvalue weighted by molar-refractivity contribution is 5.30. The van der Waals surface area contributed by atoms with Crippen molar-refractivity contribution in [3.63, 3.8) is 0 Å². The first-order valence-electron chi connectivity index (χ1n) is 6.01. The van der Waals surface area contributed by atoms with Crippen molar-refractivity contribution in [3.05, 3.63) is 41.7 Å². The molecular formula is C14H18FNO. The molecule has 1 aliphatic rings. The van der Waals surface area contributed by atoms with E-state index in [0.29, 0.717) is 18.3 Å². The number of hydrogen-bond donors (Lipinski definition) is 1. The Morgan fingerprint density at radius 2 is 2.06 bits per heavy atom. The van der Waals surface area contributed by atoms with E-state index in [1.807, 2.05) is 24.3 Å². The largest absolute Gasteiger partial charge is 0.493 e. The molecule has 0 atom stereocenters. The predicted octanol–water partition coefficient (Wildman–Crippen LogP) is 2.83. The molecule has 0 unspecified atom stereocenters. The van der Waals surface area contributed by atoms with Gasteiger partial charge in [-0.25, -0.2) is 4.39 Å². The normalized spacial score (nSPS) is 16.0. The van der Waals surface area contributed by atoms with Gasteiger partial charge in [0.15, 0.2) is 0 Å². The van der Waals surface area contributed by atoms with Crippen molar-refractivity contribution < 1.29 is 9.13 Å². The highest BCUT2D eigenvalue weighted by atomic mass is 19.1. The summed E-state index contributed by atoms with van der Waals surface area (Å²) in [4.78, 5) is 0. The molecule has 0 saturated heterocycles. The molecule has 1 saturated carbocycles. The number of benzene rings is 1. The zero-order valence-corrected chi connectivity index (χ0v) is 9.86. The van der Waals surface area contributed by atoms with Gasteiger partial charge in [0.25, 0.3) is 0 Å². The summed E-state index contributed by atoms with van der Waals surface area (Å²) < 4.78 is 18.0. The molecule has 2 rings (SSSR count). The van der Waals surface area contributed by atoms with Crippen molar-refractivity contribution in [1.29, 1.82) is 0 Å². The Hall–Kier alpha value is -1.35. The van der Waals surface area contributed by atoms with Gasteiger partial charge in [-0.3, -0.25) is 0 Å². The Bertz CT molecular complexity index is 382. The molecule has 3 heteroatoms. The lowest BCUT2D eigenvalue weighted by atomic mass is 10.1. The van der Waals surface area contributed by atoms with Gasteiger partial charge in [-0.1, -0.05) is 12.1 Å². The summed E-state index contributed by atoms with van der Waals surface area (Å²) in [6, 6.07) is 7.79. The second-order valence-electron chi connectivity index (χ2n) is 4.55. The lowest BCUT2D eigenvalue weighted by Gasteiger charge is -2.07. The Balaban J connectivity index is 1.87. The minimum absolute atomic E-state index is 0.260. The monoisotopic (exact) mass is 235 g/mol. The number of rotatable bonds is 6. The SMILES string of the molecule is NC/C(=C/F)Cc1ccc(OCC2CC2)cc1. The second-order valence-corrected chi connectivity index (χ2v) is 4.55. The van der Waals surface area contributed by atoms with Gasteiger partial charge < -0.3 is 10.5 Å². The topological polar surface area (TPSA) is 35.2 Å². The van der Waals surface area contributed by atoms with Crippen molar-refractivity contribution in [2.45, 2.75) is 19.3 Å². The molecule has 0 radical (unpaired) electrons. The number of halogens is 1. The minimum Gasteiger partial charge on any atom is -0.493 e. The summed E-state index contributed by atoms with van der Waals surface area (Å²) in [5.41, 5.74) is 7.08. The molecule has 0 aromatic heterocycles. The third kappa shape index (κ3) is 3.86. The molecule has 1 aromatic carbocycles. The third-order valence-electron chi connectivity index (χ3n) is 2.95. The maximum Gasteiger partial charge on any atom is 0.119 e. The van der Waals surface area contributed by atoms with Gasteiger partial charge in [0.1, 0.15) is 5.75 Å². The van der Waals surface area contributed by atoms with E-state index in [9.17, 15) is 4.39 Å². The fourth-order valence-electron chi connectivity index (χ4n) is 1.62. The first-order chi connectivity index (χ1) is 8.31. The Morgan fingerprint density at radius 1 is 1.35 bits per heavy atom. The standard InChI is InChI=1S/C14H18FNO/c15-8-13(9-16)7-11-3-5-14(6-4-11)17-10-12-1-2-12/h3-6,8,12H,1-2,7,9-10,16H2/b13-8+. The molecule has 92 valence electrons. The molecule has 0 aliphatic heterocycles. The molecule has 1 fully saturated rings. The van der Waals surface area contributed by atoms with Crippen LogP contribution in [0.2, 0.25) is 0 Å². The van der Waals surface area contributed by atoms with Gasteiger partial charge in [0.05, 0.1) is 12.9 Å². The van der Waals surface area contributed by atoms with E-state index in [1.54, 1.807) is 0 Å². The van der Waals surface area contributed by atoms with Crippen LogP contribution in [0.4, 0.5) is 4.39 Å². The van der Waals surface area contributed by atoms with E-state index in [0.717, 1.165) is 23.8 Å². The second kappa shape index (κ2) is 5.82. The fraction of sp³-hybridized carbons (Fsp3) is 0.429. The van der Waals surface area contributed by atoms with E-state index in [2.05, 4.69) is 0 Å². The number of ether oxygens (including phenoxy) is 1. The molecule has 2 nitrogen and oxygen atoms in total. The molecule has 17 heavy (non-hydrogen) atoms. The highest BCUT2D eigenvalue weighted by Crippen LogP contribution is 2.29. The first kappa shape index (κ1) is 12.1. The Labute approximate surface area is 101 Å². The maximum atomic E-state index is 12.4. The van der Waals surface area contributed by atoms with Gasteiger partial charge >= 0.3 is 0 Å². The van der Waals surface area contributed by atoms with Crippen LogP contribution >= 0.6 is 0 Å². The Morgan fingerprint density at radius 3 is 2.59 bits per heavy atom. The third-order valence-corrected chi connectivity index (χ3v) is 2.95. The quantitative estimate of drug-likeness (QED) is 0.823. The summed E-state index contributed by atoms with van der Waals surface area (Å²) in [5, 5.41) is 0. The molecule has 0 bridgehead atoms. The molecule has 1 aliphatic carbocycles. The van der Waals surface area contributed by atoms with Crippen molar-refractivity contribution in [2.24, 2.45) is 11.7 Å². The van der Waals surface area contributed by atoms with Gasteiger partial charge in [0.2, 0.25) is 0 Å². The van der Waals surface area contributed by atoms with E-state index in [4.69, 9.17) is 10.5 Å². The molecule has 1 aromatic rings. The lowest BCUT2D eigenvalue weighted by molar-refractivity contribution is 0.299.